The molecule has 6 nitrogen and oxygen atoms in total. The number of β-amino-alcohol motifs (C(OH)–C–C–N with tert-alkyl or cyclic N) is 1. The van der Waals surface area contributed by atoms with Crippen LogP contribution in [0.15, 0.2) is 42.5 Å². The summed E-state index contributed by atoms with van der Waals surface area (Å²) in [5.74, 6) is -0.872. The molecule has 1 atom stereocenters. The zero-order chi connectivity index (χ0) is 18.7. The number of carbonyl (C=O) groups is 1. The van der Waals surface area contributed by atoms with Crippen LogP contribution < -0.4 is 10.6 Å². The molecular formula is C20H27Cl2N3O3. The Kier molecular flexibility index (Phi) is 9.04. The number of nitrogens with zero attached hydrogens (tertiary/aromatic N) is 2. The standard InChI is InChI=1S/C20H25N3O3.2ClH/c1-14-4-2-3-5-17(14)23-10-8-22(9-11-23)13-19(25)15-6-7-18(24)16(12-15)20(21)26;;/h2-7,12,19,24-25H,8-11,13H2,1H3,(H2,21,26);2*1H. The summed E-state index contributed by atoms with van der Waals surface area (Å²) in [5.41, 5.74) is 8.40. The van der Waals surface area contributed by atoms with Gasteiger partial charge in [0.25, 0.3) is 5.91 Å². The van der Waals surface area contributed by atoms with Crippen LogP contribution in [0.5, 0.6) is 5.75 Å². The fourth-order valence-electron chi connectivity index (χ4n) is 3.40. The van der Waals surface area contributed by atoms with Gasteiger partial charge in [0.2, 0.25) is 0 Å². The zero-order valence-corrected chi connectivity index (χ0v) is 17.4. The number of phenols is 1. The van der Waals surface area contributed by atoms with Crippen LogP contribution in [0.3, 0.4) is 0 Å². The van der Waals surface area contributed by atoms with Crippen LogP contribution in [0.1, 0.15) is 27.6 Å². The molecular weight excluding hydrogens is 401 g/mol. The van der Waals surface area contributed by atoms with Crippen molar-refractivity contribution in [2.75, 3.05) is 37.6 Å². The topological polar surface area (TPSA) is 90.0 Å². The Hall–Kier alpha value is -1.99. The van der Waals surface area contributed by atoms with Crippen molar-refractivity contribution in [2.45, 2.75) is 13.0 Å². The molecule has 154 valence electrons. The van der Waals surface area contributed by atoms with Crippen molar-refractivity contribution in [2.24, 2.45) is 5.73 Å². The van der Waals surface area contributed by atoms with Gasteiger partial charge >= 0.3 is 0 Å². The fraction of sp³-hybridized carbons (Fsp3) is 0.350. The molecule has 0 radical (unpaired) electrons. The summed E-state index contributed by atoms with van der Waals surface area (Å²) in [6, 6.07) is 12.8. The maximum atomic E-state index is 11.3. The summed E-state index contributed by atoms with van der Waals surface area (Å²) in [7, 11) is 0. The molecule has 0 spiro atoms. The van der Waals surface area contributed by atoms with Crippen molar-refractivity contribution < 1.29 is 15.0 Å². The average molecular weight is 428 g/mol. The average Bonchev–Trinajstić information content (AvgIpc) is 2.63. The Morgan fingerprint density at radius 1 is 1.11 bits per heavy atom. The number of hydrogen-bond acceptors (Lipinski definition) is 5. The minimum Gasteiger partial charge on any atom is -0.507 e. The number of aliphatic hydroxyl groups excluding tert-OH is 1. The van der Waals surface area contributed by atoms with Crippen molar-refractivity contribution in [1.29, 1.82) is 0 Å². The first-order valence-electron chi connectivity index (χ1n) is 8.79. The number of primary amides is 1. The molecule has 0 saturated carbocycles. The van der Waals surface area contributed by atoms with Gasteiger partial charge in [0.15, 0.2) is 0 Å². The Bertz CT molecular complexity index is 796. The Morgan fingerprint density at radius 2 is 1.75 bits per heavy atom. The van der Waals surface area contributed by atoms with Crippen LogP contribution in [0.25, 0.3) is 0 Å². The number of hydrogen-bond donors (Lipinski definition) is 3. The van der Waals surface area contributed by atoms with Gasteiger partial charge in [0.05, 0.1) is 11.7 Å². The first-order chi connectivity index (χ1) is 12.5. The van der Waals surface area contributed by atoms with E-state index in [2.05, 4.69) is 34.9 Å². The molecule has 1 heterocycles. The lowest BCUT2D eigenvalue weighted by Crippen LogP contribution is -2.47. The van der Waals surface area contributed by atoms with E-state index in [1.165, 1.54) is 23.4 Å². The molecule has 8 heteroatoms. The van der Waals surface area contributed by atoms with Gasteiger partial charge < -0.3 is 20.8 Å². The molecule has 28 heavy (non-hydrogen) atoms. The largest absolute Gasteiger partial charge is 0.507 e. The van der Waals surface area contributed by atoms with Gasteiger partial charge in [0.1, 0.15) is 5.75 Å². The van der Waals surface area contributed by atoms with Gasteiger partial charge in [-0.2, -0.15) is 0 Å². The van der Waals surface area contributed by atoms with Crippen LogP contribution in [-0.4, -0.2) is 53.7 Å². The molecule has 2 aromatic rings. The number of nitrogens with two attached hydrogens (primary N) is 1. The number of amides is 1. The summed E-state index contributed by atoms with van der Waals surface area (Å²) in [5, 5.41) is 20.2. The number of anilines is 1. The highest BCUT2D eigenvalue weighted by Crippen LogP contribution is 2.24. The normalized spacial score (nSPS) is 15.3. The third-order valence-electron chi connectivity index (χ3n) is 4.93. The number of piperazine rings is 1. The minimum absolute atomic E-state index is 0. The van der Waals surface area contributed by atoms with E-state index < -0.39 is 12.0 Å². The predicted octanol–water partition coefficient (Wildman–Crippen LogP) is 2.50. The van der Waals surface area contributed by atoms with Crippen LogP contribution in [0.2, 0.25) is 0 Å². The summed E-state index contributed by atoms with van der Waals surface area (Å²) in [6.07, 6.45) is -0.737. The molecule has 4 N–H and O–H groups in total. The lowest BCUT2D eigenvalue weighted by molar-refractivity contribution is 0.0995. The first-order valence-corrected chi connectivity index (χ1v) is 8.79. The minimum atomic E-state index is -0.737. The Labute approximate surface area is 177 Å². The number of aliphatic hydroxyl groups is 1. The lowest BCUT2D eigenvalue weighted by atomic mass is 10.0. The van der Waals surface area contributed by atoms with Gasteiger partial charge in [-0.15, -0.1) is 24.8 Å². The van der Waals surface area contributed by atoms with E-state index in [0.29, 0.717) is 12.1 Å². The summed E-state index contributed by atoms with van der Waals surface area (Å²) in [4.78, 5) is 15.9. The number of aromatic hydroxyl groups is 1. The molecule has 1 fully saturated rings. The lowest BCUT2D eigenvalue weighted by Gasteiger charge is -2.37. The first kappa shape index (κ1) is 24.0. The monoisotopic (exact) mass is 427 g/mol. The second kappa shape index (κ2) is 10.5. The van der Waals surface area contributed by atoms with Crippen molar-refractivity contribution in [3.8, 4) is 5.75 Å². The van der Waals surface area contributed by atoms with E-state index in [4.69, 9.17) is 5.73 Å². The molecule has 1 aliphatic rings. The smallest absolute Gasteiger partial charge is 0.252 e. The van der Waals surface area contributed by atoms with E-state index in [0.717, 1.165) is 26.2 Å². The Balaban J connectivity index is 0.00000196. The summed E-state index contributed by atoms with van der Waals surface area (Å²) in [6.45, 7) is 6.11. The van der Waals surface area contributed by atoms with Gasteiger partial charge in [0, 0.05) is 38.4 Å². The quantitative estimate of drug-likeness (QED) is 0.681. The molecule has 0 aliphatic carbocycles. The van der Waals surface area contributed by atoms with Crippen LogP contribution in [0, 0.1) is 6.92 Å². The van der Waals surface area contributed by atoms with Crippen LogP contribution in [-0.2, 0) is 0 Å². The van der Waals surface area contributed by atoms with Crippen molar-refractivity contribution >= 4 is 36.4 Å². The molecule has 0 bridgehead atoms. The number of aryl methyl sites for hydroxylation is 1. The Morgan fingerprint density at radius 3 is 2.36 bits per heavy atom. The van der Waals surface area contributed by atoms with Gasteiger partial charge in [-0.1, -0.05) is 24.3 Å². The number of para-hydroxylation sites is 1. The predicted molar refractivity (Wildman–Crippen MR) is 116 cm³/mol. The van der Waals surface area contributed by atoms with E-state index in [1.807, 2.05) is 6.07 Å². The number of benzene rings is 2. The van der Waals surface area contributed by atoms with E-state index in [1.54, 1.807) is 6.07 Å². The van der Waals surface area contributed by atoms with Gasteiger partial charge in [-0.3, -0.25) is 9.69 Å². The molecule has 1 amide bonds. The maximum absolute atomic E-state index is 11.3. The van der Waals surface area contributed by atoms with E-state index >= 15 is 0 Å². The number of rotatable bonds is 5. The SMILES string of the molecule is Cc1ccccc1N1CCN(CC(O)c2ccc(O)c(C(N)=O)c2)CC1.Cl.Cl. The van der Waals surface area contributed by atoms with E-state index in [-0.39, 0.29) is 36.1 Å². The van der Waals surface area contributed by atoms with Crippen molar-refractivity contribution in [3.05, 3.63) is 59.2 Å². The number of carbonyl (C=O) groups excluding carboxylic acids is 1. The maximum Gasteiger partial charge on any atom is 0.252 e. The molecule has 1 unspecified atom stereocenters. The molecule has 0 aromatic heterocycles. The highest BCUT2D eigenvalue weighted by molar-refractivity contribution is 5.95. The summed E-state index contributed by atoms with van der Waals surface area (Å²) < 4.78 is 0. The second-order valence-electron chi connectivity index (χ2n) is 6.73. The molecule has 3 rings (SSSR count). The third kappa shape index (κ3) is 5.52. The van der Waals surface area contributed by atoms with E-state index in [9.17, 15) is 15.0 Å². The van der Waals surface area contributed by atoms with Gasteiger partial charge in [-0.05, 0) is 36.2 Å². The molecule has 1 aliphatic heterocycles. The third-order valence-corrected chi connectivity index (χ3v) is 4.93. The van der Waals surface area contributed by atoms with Crippen molar-refractivity contribution in [1.82, 2.24) is 4.90 Å². The van der Waals surface area contributed by atoms with Crippen molar-refractivity contribution in [3.63, 3.8) is 0 Å². The van der Waals surface area contributed by atoms with Gasteiger partial charge in [-0.25, -0.2) is 0 Å². The fourth-order valence-corrected chi connectivity index (χ4v) is 3.40. The zero-order valence-electron chi connectivity index (χ0n) is 15.7. The highest BCUT2D eigenvalue weighted by atomic mass is 35.5. The highest BCUT2D eigenvalue weighted by Gasteiger charge is 2.21. The number of halogens is 2. The second-order valence-corrected chi connectivity index (χ2v) is 6.73. The summed E-state index contributed by atoms with van der Waals surface area (Å²) >= 11 is 0. The molecule has 2 aromatic carbocycles. The van der Waals surface area contributed by atoms with Crippen LogP contribution in [0.4, 0.5) is 5.69 Å². The van der Waals surface area contributed by atoms with Crippen LogP contribution >= 0.6 is 24.8 Å². The molecule has 1 saturated heterocycles.